The van der Waals surface area contributed by atoms with Crippen LogP contribution in [0.2, 0.25) is 0 Å². The van der Waals surface area contributed by atoms with Crippen LogP contribution in [-0.4, -0.2) is 45.0 Å². The fourth-order valence-corrected chi connectivity index (χ4v) is 4.02. The van der Waals surface area contributed by atoms with Gasteiger partial charge in [0.25, 0.3) is 11.5 Å². The first-order chi connectivity index (χ1) is 17.1. The van der Waals surface area contributed by atoms with Crippen molar-refractivity contribution in [3.63, 3.8) is 0 Å². The Morgan fingerprint density at radius 2 is 1.77 bits per heavy atom. The van der Waals surface area contributed by atoms with Crippen LogP contribution >= 0.6 is 0 Å². The van der Waals surface area contributed by atoms with Gasteiger partial charge in [-0.1, -0.05) is 6.07 Å². The lowest BCUT2D eigenvalue weighted by atomic mass is 10.1. The summed E-state index contributed by atoms with van der Waals surface area (Å²) < 4.78 is 7.56. The second-order valence-electron chi connectivity index (χ2n) is 8.51. The van der Waals surface area contributed by atoms with Crippen LogP contribution in [0.4, 0.5) is 0 Å². The number of hydrogen-bond acceptors (Lipinski definition) is 5. The molecule has 0 unspecified atom stereocenters. The van der Waals surface area contributed by atoms with Gasteiger partial charge >= 0.3 is 0 Å². The highest BCUT2D eigenvalue weighted by atomic mass is 16.5. The third kappa shape index (κ3) is 6.53. The lowest BCUT2D eigenvalue weighted by molar-refractivity contribution is 0.0753. The molecule has 180 valence electrons. The van der Waals surface area contributed by atoms with Gasteiger partial charge in [-0.3, -0.25) is 19.6 Å². The maximum atomic E-state index is 13.0. The molecule has 0 atom stereocenters. The summed E-state index contributed by atoms with van der Waals surface area (Å²) in [5.41, 5.74) is 2.58. The molecule has 0 radical (unpaired) electrons. The fourth-order valence-electron chi connectivity index (χ4n) is 4.02. The molecule has 4 aromatic rings. The number of benzene rings is 1. The van der Waals surface area contributed by atoms with Crippen molar-refractivity contribution in [3.8, 4) is 5.75 Å². The lowest BCUT2D eigenvalue weighted by Gasteiger charge is -2.23. The fraction of sp³-hybridized carbons (Fsp3) is 0.286. The van der Waals surface area contributed by atoms with Gasteiger partial charge in [0.1, 0.15) is 5.75 Å². The van der Waals surface area contributed by atoms with Crippen LogP contribution in [-0.2, 0) is 13.5 Å². The van der Waals surface area contributed by atoms with Crippen molar-refractivity contribution in [1.82, 2.24) is 19.4 Å². The van der Waals surface area contributed by atoms with E-state index in [-0.39, 0.29) is 11.5 Å². The number of ether oxygens (including phenoxy) is 1. The van der Waals surface area contributed by atoms with Crippen molar-refractivity contribution in [1.29, 1.82) is 0 Å². The largest absolute Gasteiger partial charge is 0.494 e. The Morgan fingerprint density at radius 1 is 0.943 bits per heavy atom. The van der Waals surface area contributed by atoms with E-state index in [1.807, 2.05) is 53.6 Å². The van der Waals surface area contributed by atoms with Crippen LogP contribution in [0.25, 0.3) is 10.9 Å². The predicted octanol–water partition coefficient (Wildman–Crippen LogP) is 4.26. The number of pyridine rings is 3. The minimum atomic E-state index is -0.0253. The number of fused-ring (bicyclic) bond motifs is 1. The highest BCUT2D eigenvalue weighted by Crippen LogP contribution is 2.19. The van der Waals surface area contributed by atoms with E-state index in [0.29, 0.717) is 25.3 Å². The second-order valence-corrected chi connectivity index (χ2v) is 8.51. The average molecular weight is 471 g/mol. The highest BCUT2D eigenvalue weighted by molar-refractivity contribution is 5.93. The molecular formula is C28H30N4O3. The van der Waals surface area contributed by atoms with Gasteiger partial charge in [0.2, 0.25) is 0 Å². The molecule has 7 nitrogen and oxygen atoms in total. The van der Waals surface area contributed by atoms with Crippen molar-refractivity contribution in [2.24, 2.45) is 7.05 Å². The first-order valence-electron chi connectivity index (χ1n) is 11.9. The summed E-state index contributed by atoms with van der Waals surface area (Å²) in [5.74, 6) is 0.796. The molecule has 35 heavy (non-hydrogen) atoms. The topological polar surface area (TPSA) is 77.3 Å². The van der Waals surface area contributed by atoms with Gasteiger partial charge in [0.05, 0.1) is 17.7 Å². The molecule has 4 rings (SSSR count). The zero-order valence-corrected chi connectivity index (χ0v) is 20.0. The predicted molar refractivity (Wildman–Crippen MR) is 137 cm³/mol. The van der Waals surface area contributed by atoms with Crippen LogP contribution in [0.1, 0.15) is 35.2 Å². The monoisotopic (exact) mass is 470 g/mol. The van der Waals surface area contributed by atoms with Crippen molar-refractivity contribution < 1.29 is 9.53 Å². The second kappa shape index (κ2) is 11.9. The number of aromatic nitrogens is 3. The van der Waals surface area contributed by atoms with Crippen LogP contribution in [0.3, 0.4) is 0 Å². The summed E-state index contributed by atoms with van der Waals surface area (Å²) in [4.78, 5) is 35.0. The molecule has 0 saturated heterocycles. The van der Waals surface area contributed by atoms with E-state index >= 15 is 0 Å². The molecule has 1 aromatic carbocycles. The summed E-state index contributed by atoms with van der Waals surface area (Å²) >= 11 is 0. The third-order valence-corrected chi connectivity index (χ3v) is 6.03. The maximum absolute atomic E-state index is 13.0. The summed E-state index contributed by atoms with van der Waals surface area (Å²) in [6, 6.07) is 16.7. The normalized spacial score (nSPS) is 10.9. The minimum absolute atomic E-state index is 0.00352. The first-order valence-corrected chi connectivity index (χ1v) is 11.9. The number of unbranched alkanes of at least 4 members (excludes halogenated alkanes) is 2. The van der Waals surface area contributed by atoms with Gasteiger partial charge in [0.15, 0.2) is 0 Å². The van der Waals surface area contributed by atoms with Gasteiger partial charge in [-0.05, 0) is 73.7 Å². The Kier molecular flexibility index (Phi) is 8.22. The Balaban J connectivity index is 1.27. The van der Waals surface area contributed by atoms with Crippen molar-refractivity contribution in [2.45, 2.75) is 25.7 Å². The number of hydrogen-bond donors (Lipinski definition) is 0. The SMILES string of the molecule is Cn1c(=O)ccc2cc(OCCCCCN(CCc3cccnc3)C(=O)c3cccnc3)ccc21. The number of rotatable bonds is 11. The molecule has 0 bridgehead atoms. The molecule has 1 amide bonds. The quantitative estimate of drug-likeness (QED) is 0.306. The number of nitrogens with zero attached hydrogens (tertiary/aromatic N) is 4. The summed E-state index contributed by atoms with van der Waals surface area (Å²) in [7, 11) is 1.77. The average Bonchev–Trinajstić information content (AvgIpc) is 2.90. The first kappa shape index (κ1) is 24.1. The molecule has 0 spiro atoms. The van der Waals surface area contributed by atoms with E-state index in [4.69, 9.17) is 4.74 Å². The van der Waals surface area contributed by atoms with Crippen LogP contribution < -0.4 is 10.3 Å². The molecule has 7 heteroatoms. The van der Waals surface area contributed by atoms with Crippen molar-refractivity contribution in [3.05, 3.63) is 101 Å². The number of carbonyl (C=O) groups is 1. The van der Waals surface area contributed by atoms with Gasteiger partial charge in [0, 0.05) is 56.4 Å². The maximum Gasteiger partial charge on any atom is 0.255 e. The van der Waals surface area contributed by atoms with Crippen molar-refractivity contribution >= 4 is 16.8 Å². The Labute approximate surface area is 205 Å². The van der Waals surface area contributed by atoms with E-state index in [1.54, 1.807) is 42.3 Å². The third-order valence-electron chi connectivity index (χ3n) is 6.03. The van der Waals surface area contributed by atoms with E-state index < -0.39 is 0 Å². The number of carbonyl (C=O) groups excluding carboxylic acids is 1. The molecule has 0 aliphatic rings. The molecule has 0 N–H and O–H groups in total. The summed E-state index contributed by atoms with van der Waals surface area (Å²) in [5, 5.41) is 0.975. The highest BCUT2D eigenvalue weighted by Gasteiger charge is 2.15. The Morgan fingerprint density at radius 3 is 2.54 bits per heavy atom. The molecular weight excluding hydrogens is 440 g/mol. The molecule has 0 aliphatic carbocycles. The number of amides is 1. The minimum Gasteiger partial charge on any atom is -0.494 e. The van der Waals surface area contributed by atoms with Gasteiger partial charge < -0.3 is 14.2 Å². The molecule has 0 aliphatic heterocycles. The van der Waals surface area contributed by atoms with E-state index in [2.05, 4.69) is 9.97 Å². The van der Waals surface area contributed by atoms with Gasteiger partial charge in [-0.15, -0.1) is 0 Å². The van der Waals surface area contributed by atoms with E-state index in [9.17, 15) is 9.59 Å². The Bertz CT molecular complexity index is 1310. The molecule has 0 fully saturated rings. The van der Waals surface area contributed by atoms with Crippen LogP contribution in [0.5, 0.6) is 5.75 Å². The molecule has 3 heterocycles. The number of aryl methyl sites for hydroxylation is 1. The summed E-state index contributed by atoms with van der Waals surface area (Å²) in [6.07, 6.45) is 10.4. The zero-order valence-electron chi connectivity index (χ0n) is 20.0. The smallest absolute Gasteiger partial charge is 0.255 e. The van der Waals surface area contributed by atoms with Gasteiger partial charge in [-0.25, -0.2) is 0 Å². The van der Waals surface area contributed by atoms with Crippen molar-refractivity contribution in [2.75, 3.05) is 19.7 Å². The standard InChI is InChI=1S/C28H30N4O3/c1-31-26-11-10-25(19-23(26)9-12-27(31)33)35-18-4-2-3-16-32(17-13-22-7-5-14-29-20-22)28(34)24-8-6-15-30-21-24/h5-12,14-15,19-21H,2-4,13,16-18H2,1H3. The van der Waals surface area contributed by atoms with Crippen LogP contribution in [0, 0.1) is 0 Å². The van der Waals surface area contributed by atoms with Gasteiger partial charge in [-0.2, -0.15) is 0 Å². The van der Waals surface area contributed by atoms with E-state index in [1.165, 1.54) is 0 Å². The zero-order chi connectivity index (χ0) is 24.5. The van der Waals surface area contributed by atoms with E-state index in [0.717, 1.165) is 47.9 Å². The Hall–Kier alpha value is -4.00. The lowest BCUT2D eigenvalue weighted by Crippen LogP contribution is -2.34. The summed E-state index contributed by atoms with van der Waals surface area (Å²) in [6.45, 7) is 1.91. The van der Waals surface area contributed by atoms with Crippen LogP contribution in [0.15, 0.2) is 84.2 Å². The molecule has 0 saturated carbocycles. The molecule has 3 aromatic heterocycles.